The quantitative estimate of drug-likeness (QED) is 0.492. The molecule has 3 aromatic carbocycles. The summed E-state index contributed by atoms with van der Waals surface area (Å²) in [6.45, 7) is 3.35. The normalized spacial score (nSPS) is 12.5. The van der Waals surface area contributed by atoms with E-state index in [2.05, 4.69) is 5.32 Å². The van der Waals surface area contributed by atoms with Gasteiger partial charge < -0.3 is 10.1 Å². The SMILES string of the molecule is Cc1ccc(C)c(NC(=O)COC(=O)c2ccc(N3C(=O)c4ccccc4C3=O)cc2)c1. The van der Waals surface area contributed by atoms with Crippen LogP contribution in [0, 0.1) is 13.8 Å². The fourth-order valence-electron chi connectivity index (χ4n) is 3.44. The Bertz CT molecular complexity index is 1210. The first-order valence-electron chi connectivity index (χ1n) is 9.97. The van der Waals surface area contributed by atoms with Crippen LogP contribution in [-0.4, -0.2) is 30.3 Å². The van der Waals surface area contributed by atoms with E-state index in [-0.39, 0.29) is 5.56 Å². The second kappa shape index (κ2) is 8.47. The Balaban J connectivity index is 1.39. The van der Waals surface area contributed by atoms with Gasteiger partial charge in [-0.05, 0) is 67.4 Å². The number of fused-ring (bicyclic) bond motifs is 1. The summed E-state index contributed by atoms with van der Waals surface area (Å²) in [4.78, 5) is 50.7. The number of carbonyl (C=O) groups is 4. The lowest BCUT2D eigenvalue weighted by atomic mass is 10.1. The average Bonchev–Trinajstić information content (AvgIpc) is 3.05. The van der Waals surface area contributed by atoms with Crippen LogP contribution >= 0.6 is 0 Å². The van der Waals surface area contributed by atoms with Gasteiger partial charge in [-0.25, -0.2) is 9.69 Å². The molecule has 0 aliphatic carbocycles. The van der Waals surface area contributed by atoms with Crippen molar-refractivity contribution in [1.29, 1.82) is 0 Å². The summed E-state index contributed by atoms with van der Waals surface area (Å²) >= 11 is 0. The van der Waals surface area contributed by atoms with Crippen molar-refractivity contribution in [3.63, 3.8) is 0 Å². The number of hydrogen-bond donors (Lipinski definition) is 1. The van der Waals surface area contributed by atoms with E-state index in [4.69, 9.17) is 4.74 Å². The van der Waals surface area contributed by atoms with E-state index in [0.29, 0.717) is 22.5 Å². The van der Waals surface area contributed by atoms with Crippen molar-refractivity contribution in [2.24, 2.45) is 0 Å². The zero-order chi connectivity index (χ0) is 22.8. The number of imide groups is 1. The summed E-state index contributed by atoms with van der Waals surface area (Å²) in [5.41, 5.74) is 3.80. The fourth-order valence-corrected chi connectivity index (χ4v) is 3.44. The number of amides is 3. The molecule has 1 N–H and O–H groups in total. The number of anilines is 2. The van der Waals surface area contributed by atoms with Gasteiger partial charge in [0.1, 0.15) is 0 Å². The molecule has 0 unspecified atom stereocenters. The summed E-state index contributed by atoms with van der Waals surface area (Å²) in [6, 6.07) is 18.2. The number of nitrogens with one attached hydrogen (secondary N) is 1. The van der Waals surface area contributed by atoms with Crippen molar-refractivity contribution in [2.45, 2.75) is 13.8 Å². The zero-order valence-electron chi connectivity index (χ0n) is 17.5. The molecule has 32 heavy (non-hydrogen) atoms. The molecule has 3 amide bonds. The fraction of sp³-hybridized carbons (Fsp3) is 0.120. The lowest BCUT2D eigenvalue weighted by molar-refractivity contribution is -0.119. The topological polar surface area (TPSA) is 92.8 Å². The van der Waals surface area contributed by atoms with Crippen LogP contribution in [0.25, 0.3) is 0 Å². The molecule has 4 rings (SSSR count). The van der Waals surface area contributed by atoms with Crippen molar-refractivity contribution in [3.8, 4) is 0 Å². The van der Waals surface area contributed by atoms with Crippen molar-refractivity contribution in [2.75, 3.05) is 16.8 Å². The summed E-state index contributed by atoms with van der Waals surface area (Å²) in [5, 5.41) is 2.72. The zero-order valence-corrected chi connectivity index (χ0v) is 17.5. The minimum atomic E-state index is -0.685. The number of rotatable bonds is 5. The van der Waals surface area contributed by atoms with Crippen LogP contribution in [0.15, 0.2) is 66.7 Å². The van der Waals surface area contributed by atoms with Crippen LogP contribution < -0.4 is 10.2 Å². The molecule has 0 radical (unpaired) electrons. The summed E-state index contributed by atoms with van der Waals surface area (Å²) < 4.78 is 5.09. The van der Waals surface area contributed by atoms with Gasteiger partial charge in [-0.1, -0.05) is 24.3 Å². The van der Waals surface area contributed by atoms with Gasteiger partial charge in [-0.15, -0.1) is 0 Å². The molecule has 0 aromatic heterocycles. The van der Waals surface area contributed by atoms with Crippen molar-refractivity contribution >= 4 is 35.1 Å². The van der Waals surface area contributed by atoms with Gasteiger partial charge >= 0.3 is 5.97 Å². The van der Waals surface area contributed by atoms with E-state index in [1.54, 1.807) is 24.3 Å². The first-order chi connectivity index (χ1) is 15.3. The molecular weight excluding hydrogens is 408 g/mol. The van der Waals surface area contributed by atoms with Crippen LogP contribution in [0.3, 0.4) is 0 Å². The number of carbonyl (C=O) groups excluding carboxylic acids is 4. The highest BCUT2D eigenvalue weighted by Gasteiger charge is 2.36. The smallest absolute Gasteiger partial charge is 0.338 e. The highest BCUT2D eigenvalue weighted by Crippen LogP contribution is 2.28. The number of ether oxygens (including phenoxy) is 1. The molecule has 0 saturated carbocycles. The van der Waals surface area contributed by atoms with E-state index in [1.165, 1.54) is 24.3 Å². The number of aryl methyl sites for hydroxylation is 2. The molecule has 0 saturated heterocycles. The van der Waals surface area contributed by atoms with Crippen molar-refractivity contribution in [1.82, 2.24) is 0 Å². The summed E-state index contributed by atoms with van der Waals surface area (Å²) in [5.74, 6) is -1.96. The third-order valence-corrected chi connectivity index (χ3v) is 5.16. The van der Waals surface area contributed by atoms with Gasteiger partial charge in [-0.3, -0.25) is 14.4 Å². The van der Waals surface area contributed by atoms with Gasteiger partial charge in [0.25, 0.3) is 17.7 Å². The van der Waals surface area contributed by atoms with Gasteiger partial charge in [0.2, 0.25) is 0 Å². The molecule has 160 valence electrons. The second-order valence-corrected chi connectivity index (χ2v) is 7.48. The Kier molecular flexibility index (Phi) is 5.55. The van der Waals surface area contributed by atoms with Crippen molar-refractivity contribution in [3.05, 3.63) is 94.5 Å². The Labute approximate surface area is 184 Å². The third kappa shape index (κ3) is 4.00. The molecule has 1 aliphatic heterocycles. The minimum Gasteiger partial charge on any atom is -0.452 e. The van der Waals surface area contributed by atoms with Crippen LogP contribution in [0.4, 0.5) is 11.4 Å². The Hall–Kier alpha value is -4.26. The molecule has 3 aromatic rings. The second-order valence-electron chi connectivity index (χ2n) is 7.48. The van der Waals surface area contributed by atoms with Gasteiger partial charge in [0, 0.05) is 5.69 Å². The van der Waals surface area contributed by atoms with Gasteiger partial charge in [-0.2, -0.15) is 0 Å². The largest absolute Gasteiger partial charge is 0.452 e. The molecule has 0 spiro atoms. The highest BCUT2D eigenvalue weighted by atomic mass is 16.5. The summed E-state index contributed by atoms with van der Waals surface area (Å²) in [6.07, 6.45) is 0. The number of hydrogen-bond acceptors (Lipinski definition) is 5. The Morgan fingerprint density at radius 3 is 2.12 bits per heavy atom. The molecule has 0 bridgehead atoms. The molecule has 0 fully saturated rings. The van der Waals surface area contributed by atoms with Crippen molar-refractivity contribution < 1.29 is 23.9 Å². The molecule has 0 atom stereocenters. The number of esters is 1. The third-order valence-electron chi connectivity index (χ3n) is 5.16. The first-order valence-corrected chi connectivity index (χ1v) is 9.97. The molecule has 1 heterocycles. The Morgan fingerprint density at radius 2 is 1.50 bits per heavy atom. The highest BCUT2D eigenvalue weighted by molar-refractivity contribution is 6.34. The Morgan fingerprint density at radius 1 is 0.875 bits per heavy atom. The van der Waals surface area contributed by atoms with Crippen LogP contribution in [-0.2, 0) is 9.53 Å². The van der Waals surface area contributed by atoms with E-state index < -0.39 is 30.3 Å². The van der Waals surface area contributed by atoms with Crippen LogP contribution in [0.2, 0.25) is 0 Å². The average molecular weight is 428 g/mol. The minimum absolute atomic E-state index is 0.199. The van der Waals surface area contributed by atoms with Crippen LogP contribution in [0.5, 0.6) is 0 Å². The predicted molar refractivity (Wildman–Crippen MR) is 119 cm³/mol. The van der Waals surface area contributed by atoms with Gasteiger partial charge in [0.15, 0.2) is 6.61 Å². The number of benzene rings is 3. The van der Waals surface area contributed by atoms with Crippen LogP contribution in [0.1, 0.15) is 42.2 Å². The molecule has 7 nitrogen and oxygen atoms in total. The maximum absolute atomic E-state index is 12.6. The molecule has 1 aliphatic rings. The standard InChI is InChI=1S/C25H20N2O5/c1-15-7-8-16(2)21(13-15)26-22(28)14-32-25(31)17-9-11-18(12-10-17)27-23(29)19-5-3-4-6-20(19)24(27)30/h3-13H,14H2,1-2H3,(H,26,28). The lowest BCUT2D eigenvalue weighted by Crippen LogP contribution is -2.29. The first kappa shape index (κ1) is 21.0. The van der Waals surface area contributed by atoms with Gasteiger partial charge in [0.05, 0.1) is 22.4 Å². The molecular formula is C25H20N2O5. The molecule has 7 heteroatoms. The van der Waals surface area contributed by atoms with E-state index in [1.807, 2.05) is 32.0 Å². The van der Waals surface area contributed by atoms with E-state index in [0.717, 1.165) is 16.0 Å². The maximum atomic E-state index is 12.6. The van der Waals surface area contributed by atoms with E-state index >= 15 is 0 Å². The number of nitrogens with zero attached hydrogens (tertiary/aromatic N) is 1. The maximum Gasteiger partial charge on any atom is 0.338 e. The predicted octanol–water partition coefficient (Wildman–Crippen LogP) is 3.90. The van der Waals surface area contributed by atoms with E-state index in [9.17, 15) is 19.2 Å². The summed E-state index contributed by atoms with van der Waals surface area (Å²) in [7, 11) is 0. The lowest BCUT2D eigenvalue weighted by Gasteiger charge is -2.14. The monoisotopic (exact) mass is 428 g/mol.